The number of aliphatic hydroxyl groups excluding tert-OH is 1. The van der Waals surface area contributed by atoms with Gasteiger partial charge >= 0.3 is 0 Å². The highest BCUT2D eigenvalue weighted by Crippen LogP contribution is 2.32. The Morgan fingerprint density at radius 1 is 1.25 bits per heavy atom. The number of benzene rings is 2. The van der Waals surface area contributed by atoms with Crippen LogP contribution in [0.3, 0.4) is 0 Å². The first-order chi connectivity index (χ1) is 9.61. The molecule has 2 rings (SSSR count). The number of nitro benzene ring substituents is 1. The lowest BCUT2D eigenvalue weighted by Gasteiger charge is -2.07. The van der Waals surface area contributed by atoms with Crippen LogP contribution in [0.4, 0.5) is 5.69 Å². The fraction of sp³-hybridized carbons (Fsp3) is 0.200. The Morgan fingerprint density at radius 3 is 2.65 bits per heavy atom. The lowest BCUT2D eigenvalue weighted by Crippen LogP contribution is -1.94. The molecule has 4 nitrogen and oxygen atoms in total. The van der Waals surface area contributed by atoms with E-state index in [9.17, 15) is 10.1 Å². The van der Waals surface area contributed by atoms with Crippen molar-refractivity contribution in [2.45, 2.75) is 24.2 Å². The van der Waals surface area contributed by atoms with Crippen molar-refractivity contribution >= 4 is 17.4 Å². The van der Waals surface area contributed by atoms with Crippen LogP contribution >= 0.6 is 11.8 Å². The number of rotatable bonds is 5. The molecule has 0 radical (unpaired) electrons. The largest absolute Gasteiger partial charge is 0.392 e. The van der Waals surface area contributed by atoms with Crippen LogP contribution in [0.25, 0.3) is 0 Å². The van der Waals surface area contributed by atoms with Crippen LogP contribution in [0.1, 0.15) is 16.7 Å². The van der Waals surface area contributed by atoms with Gasteiger partial charge < -0.3 is 5.11 Å². The van der Waals surface area contributed by atoms with Crippen LogP contribution in [-0.2, 0) is 12.4 Å². The lowest BCUT2D eigenvalue weighted by molar-refractivity contribution is -0.387. The van der Waals surface area contributed by atoms with Crippen molar-refractivity contribution in [2.75, 3.05) is 0 Å². The molecule has 104 valence electrons. The third-order valence-corrected chi connectivity index (χ3v) is 4.16. The van der Waals surface area contributed by atoms with E-state index in [2.05, 4.69) is 0 Å². The molecular weight excluding hydrogens is 274 g/mol. The summed E-state index contributed by atoms with van der Waals surface area (Å²) < 4.78 is 0. The van der Waals surface area contributed by atoms with Gasteiger partial charge in [-0.1, -0.05) is 30.3 Å². The maximum atomic E-state index is 11.1. The number of thioether (sulfide) groups is 1. The highest BCUT2D eigenvalue weighted by atomic mass is 32.2. The molecule has 0 spiro atoms. The van der Waals surface area contributed by atoms with E-state index in [1.54, 1.807) is 12.1 Å². The fourth-order valence-corrected chi connectivity index (χ4v) is 2.93. The molecule has 2 aromatic carbocycles. The normalized spacial score (nSPS) is 10.5. The predicted octanol–water partition coefficient (Wildman–Crippen LogP) is 3.69. The molecule has 20 heavy (non-hydrogen) atoms. The summed E-state index contributed by atoms with van der Waals surface area (Å²) >= 11 is 1.44. The molecule has 0 saturated carbocycles. The highest BCUT2D eigenvalue weighted by molar-refractivity contribution is 7.98. The van der Waals surface area contributed by atoms with E-state index in [1.807, 2.05) is 31.2 Å². The van der Waals surface area contributed by atoms with Gasteiger partial charge in [-0.3, -0.25) is 10.1 Å². The van der Waals surface area contributed by atoms with Crippen LogP contribution in [0.15, 0.2) is 47.4 Å². The van der Waals surface area contributed by atoms with Crippen molar-refractivity contribution in [1.29, 1.82) is 0 Å². The molecule has 0 aliphatic carbocycles. The summed E-state index contributed by atoms with van der Waals surface area (Å²) in [5.74, 6) is 0.686. The molecule has 0 fully saturated rings. The number of hydrogen-bond donors (Lipinski definition) is 1. The number of nitro groups is 1. The van der Waals surface area contributed by atoms with Gasteiger partial charge in [-0.2, -0.15) is 0 Å². The van der Waals surface area contributed by atoms with Crippen molar-refractivity contribution in [3.05, 3.63) is 69.3 Å². The topological polar surface area (TPSA) is 63.4 Å². The molecule has 0 aliphatic rings. The zero-order valence-electron chi connectivity index (χ0n) is 11.1. The Bertz CT molecular complexity index is 628. The van der Waals surface area contributed by atoms with Crippen LogP contribution in [0, 0.1) is 17.0 Å². The molecule has 0 aromatic heterocycles. The molecule has 0 saturated heterocycles. The Morgan fingerprint density at radius 2 is 2.00 bits per heavy atom. The summed E-state index contributed by atoms with van der Waals surface area (Å²) in [5.41, 5.74) is 2.94. The van der Waals surface area contributed by atoms with E-state index >= 15 is 0 Å². The summed E-state index contributed by atoms with van der Waals surface area (Å²) in [7, 11) is 0. The van der Waals surface area contributed by atoms with E-state index < -0.39 is 4.92 Å². The SMILES string of the molecule is Cc1ccccc1CSc1ccc(CO)cc1[N+](=O)[O-]. The van der Waals surface area contributed by atoms with Crippen molar-refractivity contribution in [3.8, 4) is 0 Å². The minimum atomic E-state index is -0.403. The number of nitrogens with zero attached hydrogens (tertiary/aromatic N) is 1. The van der Waals surface area contributed by atoms with Crippen molar-refractivity contribution in [3.63, 3.8) is 0 Å². The van der Waals surface area contributed by atoms with E-state index in [-0.39, 0.29) is 12.3 Å². The van der Waals surface area contributed by atoms with Gasteiger partial charge in [0.2, 0.25) is 0 Å². The molecule has 0 heterocycles. The standard InChI is InChI=1S/C15H15NO3S/c1-11-4-2-3-5-13(11)10-20-15-7-6-12(9-17)8-14(15)16(18)19/h2-8,17H,9-10H2,1H3. The van der Waals surface area contributed by atoms with Crippen LogP contribution in [0.5, 0.6) is 0 Å². The predicted molar refractivity (Wildman–Crippen MR) is 79.8 cm³/mol. The average molecular weight is 289 g/mol. The minimum absolute atomic E-state index is 0.0511. The average Bonchev–Trinajstić information content (AvgIpc) is 2.46. The third-order valence-electron chi connectivity index (χ3n) is 3.05. The van der Waals surface area contributed by atoms with Gasteiger partial charge in [-0.15, -0.1) is 11.8 Å². The van der Waals surface area contributed by atoms with E-state index in [0.29, 0.717) is 16.2 Å². The van der Waals surface area contributed by atoms with Gasteiger partial charge in [0.15, 0.2) is 0 Å². The second-order valence-corrected chi connectivity index (χ2v) is 5.45. The fourth-order valence-electron chi connectivity index (χ4n) is 1.85. The third kappa shape index (κ3) is 3.37. The molecule has 5 heteroatoms. The van der Waals surface area contributed by atoms with Gasteiger partial charge in [0.05, 0.1) is 16.4 Å². The Balaban J connectivity index is 2.21. The van der Waals surface area contributed by atoms with Gasteiger partial charge in [0.1, 0.15) is 0 Å². The zero-order valence-corrected chi connectivity index (χ0v) is 11.9. The van der Waals surface area contributed by atoms with Crippen LogP contribution in [0.2, 0.25) is 0 Å². The van der Waals surface area contributed by atoms with Gasteiger partial charge in [-0.05, 0) is 29.7 Å². The summed E-state index contributed by atoms with van der Waals surface area (Å²) in [6, 6.07) is 12.8. The molecule has 0 bridgehead atoms. The van der Waals surface area contributed by atoms with Gasteiger partial charge in [-0.25, -0.2) is 0 Å². The van der Waals surface area contributed by atoms with Gasteiger partial charge in [0.25, 0.3) is 5.69 Å². The van der Waals surface area contributed by atoms with Crippen molar-refractivity contribution < 1.29 is 10.0 Å². The maximum Gasteiger partial charge on any atom is 0.283 e. The molecular formula is C15H15NO3S. The van der Waals surface area contributed by atoms with Crippen LogP contribution in [-0.4, -0.2) is 10.0 Å². The molecule has 0 atom stereocenters. The molecule has 0 amide bonds. The molecule has 1 N–H and O–H groups in total. The number of aliphatic hydroxyl groups is 1. The second kappa shape index (κ2) is 6.54. The molecule has 0 unspecified atom stereocenters. The number of hydrogen-bond acceptors (Lipinski definition) is 4. The monoisotopic (exact) mass is 289 g/mol. The Labute approximate surface area is 121 Å². The van der Waals surface area contributed by atoms with E-state index in [4.69, 9.17) is 5.11 Å². The zero-order chi connectivity index (χ0) is 14.5. The first-order valence-electron chi connectivity index (χ1n) is 6.17. The summed E-state index contributed by atoms with van der Waals surface area (Å²) in [4.78, 5) is 11.3. The Hall–Kier alpha value is -1.85. The van der Waals surface area contributed by atoms with E-state index in [0.717, 1.165) is 5.56 Å². The lowest BCUT2D eigenvalue weighted by atomic mass is 10.1. The quantitative estimate of drug-likeness (QED) is 0.518. The Kier molecular flexibility index (Phi) is 4.76. The highest BCUT2D eigenvalue weighted by Gasteiger charge is 2.15. The van der Waals surface area contributed by atoms with Crippen molar-refractivity contribution in [1.82, 2.24) is 0 Å². The first-order valence-corrected chi connectivity index (χ1v) is 7.16. The summed E-state index contributed by atoms with van der Waals surface area (Å²) in [5, 5.41) is 20.1. The summed E-state index contributed by atoms with van der Waals surface area (Å²) in [6.07, 6.45) is 0. The van der Waals surface area contributed by atoms with E-state index in [1.165, 1.54) is 23.4 Å². The molecule has 2 aromatic rings. The number of aryl methyl sites for hydroxylation is 1. The second-order valence-electron chi connectivity index (χ2n) is 4.43. The maximum absolute atomic E-state index is 11.1. The van der Waals surface area contributed by atoms with Crippen LogP contribution < -0.4 is 0 Å². The smallest absolute Gasteiger partial charge is 0.283 e. The first kappa shape index (κ1) is 14.6. The summed E-state index contributed by atoms with van der Waals surface area (Å²) in [6.45, 7) is 1.84. The van der Waals surface area contributed by atoms with Crippen molar-refractivity contribution in [2.24, 2.45) is 0 Å². The minimum Gasteiger partial charge on any atom is -0.392 e. The van der Waals surface area contributed by atoms with Gasteiger partial charge in [0, 0.05) is 11.8 Å². The molecule has 0 aliphatic heterocycles.